The first-order chi connectivity index (χ1) is 9.68. The van der Waals surface area contributed by atoms with Gasteiger partial charge in [0.25, 0.3) is 0 Å². The number of carbonyl (C=O) groups is 1. The second-order valence-corrected chi connectivity index (χ2v) is 5.64. The molecule has 0 saturated carbocycles. The third-order valence-electron chi connectivity index (χ3n) is 3.90. The first-order valence-corrected chi connectivity index (χ1v) is 7.41. The second-order valence-electron chi connectivity index (χ2n) is 5.64. The average Bonchev–Trinajstić information content (AvgIpc) is 2.49. The van der Waals surface area contributed by atoms with E-state index in [0.717, 1.165) is 19.4 Å². The van der Waals surface area contributed by atoms with Crippen LogP contribution in [0.2, 0.25) is 0 Å². The van der Waals surface area contributed by atoms with Gasteiger partial charge in [0.2, 0.25) is 5.91 Å². The van der Waals surface area contributed by atoms with E-state index in [2.05, 4.69) is 27.7 Å². The van der Waals surface area contributed by atoms with Gasteiger partial charge in [-0.25, -0.2) is 0 Å². The molecule has 1 amide bonds. The van der Waals surface area contributed by atoms with Gasteiger partial charge in [-0.1, -0.05) is 36.8 Å². The van der Waals surface area contributed by atoms with Crippen molar-refractivity contribution in [3.63, 3.8) is 0 Å². The van der Waals surface area contributed by atoms with E-state index in [1.807, 2.05) is 32.3 Å². The van der Waals surface area contributed by atoms with Crippen LogP contribution in [0.15, 0.2) is 30.3 Å². The molecule has 0 spiro atoms. The summed E-state index contributed by atoms with van der Waals surface area (Å²) in [7, 11) is 4.09. The molecule has 1 saturated heterocycles. The third kappa shape index (κ3) is 6.13. The van der Waals surface area contributed by atoms with Crippen LogP contribution in [0, 0.1) is 0 Å². The Hall–Kier alpha value is -0.810. The Bertz CT molecular complexity index is 423. The van der Waals surface area contributed by atoms with Crippen molar-refractivity contribution in [2.24, 2.45) is 0 Å². The van der Waals surface area contributed by atoms with E-state index in [0.29, 0.717) is 6.54 Å². The summed E-state index contributed by atoms with van der Waals surface area (Å²) in [5.41, 5.74) is 1.23. The molecule has 2 rings (SSSR count). The number of hydrogen-bond acceptors (Lipinski definition) is 3. The molecule has 1 fully saturated rings. The number of likely N-dealkylation sites (N-methyl/N-ethyl adjacent to an activating group) is 1. The molecule has 0 radical (unpaired) electrons. The highest BCUT2D eigenvalue weighted by Crippen LogP contribution is 2.17. The maximum absolute atomic E-state index is 12.2. The van der Waals surface area contributed by atoms with Crippen LogP contribution in [0.5, 0.6) is 0 Å². The van der Waals surface area contributed by atoms with Gasteiger partial charge in [-0.2, -0.15) is 0 Å². The van der Waals surface area contributed by atoms with Crippen LogP contribution in [0.25, 0.3) is 0 Å². The third-order valence-corrected chi connectivity index (χ3v) is 3.90. The molecule has 2 atom stereocenters. The molecule has 2 N–H and O–H groups in total. The molecule has 22 heavy (non-hydrogen) atoms. The Kier molecular flexibility index (Phi) is 10.4. The fourth-order valence-corrected chi connectivity index (χ4v) is 2.67. The van der Waals surface area contributed by atoms with Crippen LogP contribution in [0.4, 0.5) is 0 Å². The summed E-state index contributed by atoms with van der Waals surface area (Å²) in [6, 6.07) is 10.5. The lowest BCUT2D eigenvalue weighted by Crippen LogP contribution is -2.48. The van der Waals surface area contributed by atoms with Crippen molar-refractivity contribution in [2.75, 3.05) is 27.2 Å². The van der Waals surface area contributed by atoms with Crippen LogP contribution in [-0.4, -0.2) is 44.0 Å². The Balaban J connectivity index is 0.00000220. The number of halogens is 2. The fourth-order valence-electron chi connectivity index (χ4n) is 2.67. The maximum Gasteiger partial charge on any atom is 0.237 e. The first kappa shape index (κ1) is 21.2. The zero-order valence-electron chi connectivity index (χ0n) is 13.2. The predicted octanol–water partition coefficient (Wildman–Crippen LogP) is 2.39. The van der Waals surface area contributed by atoms with Gasteiger partial charge < -0.3 is 15.5 Å². The molecule has 1 aromatic rings. The molecule has 126 valence electrons. The number of nitrogens with one attached hydrogen (secondary N) is 2. The number of benzene rings is 1. The highest BCUT2D eigenvalue weighted by molar-refractivity contribution is 5.85. The molecule has 6 heteroatoms. The van der Waals surface area contributed by atoms with Gasteiger partial charge in [-0.05, 0) is 39.0 Å². The normalized spacial score (nSPS) is 18.8. The van der Waals surface area contributed by atoms with Crippen LogP contribution in [0.3, 0.4) is 0 Å². The number of carbonyl (C=O) groups excluding carboxylic acids is 1. The number of nitrogens with zero attached hydrogens (tertiary/aromatic N) is 1. The van der Waals surface area contributed by atoms with Crippen LogP contribution in [0.1, 0.15) is 30.9 Å². The molecule has 4 nitrogen and oxygen atoms in total. The van der Waals surface area contributed by atoms with Gasteiger partial charge in [0.1, 0.15) is 0 Å². The summed E-state index contributed by atoms with van der Waals surface area (Å²) < 4.78 is 0. The molecule has 0 aliphatic carbocycles. The van der Waals surface area contributed by atoms with Gasteiger partial charge in [0.05, 0.1) is 12.1 Å². The molecule has 1 heterocycles. The second kappa shape index (κ2) is 10.8. The van der Waals surface area contributed by atoms with Crippen molar-refractivity contribution in [1.82, 2.24) is 15.5 Å². The quantitative estimate of drug-likeness (QED) is 0.859. The Morgan fingerprint density at radius 1 is 1.27 bits per heavy atom. The first-order valence-electron chi connectivity index (χ1n) is 7.41. The summed E-state index contributed by atoms with van der Waals surface area (Å²) in [5.74, 6) is 0.132. The lowest BCUT2D eigenvalue weighted by Gasteiger charge is -2.27. The molecule has 1 aliphatic heterocycles. The number of hydrogen-bond donors (Lipinski definition) is 2. The van der Waals surface area contributed by atoms with Crippen molar-refractivity contribution >= 4 is 30.7 Å². The van der Waals surface area contributed by atoms with Crippen molar-refractivity contribution in [1.29, 1.82) is 0 Å². The molecular weight excluding hydrogens is 321 g/mol. The molecule has 2 unspecified atom stereocenters. The van der Waals surface area contributed by atoms with Crippen molar-refractivity contribution < 1.29 is 4.79 Å². The standard InChI is InChI=1S/C16H25N3O.2ClH/c1-19(2)15(13-8-4-3-5-9-13)12-18-16(20)14-10-6-7-11-17-14;;/h3-5,8-9,14-15,17H,6-7,10-12H2,1-2H3,(H,18,20);2*1H. The van der Waals surface area contributed by atoms with Gasteiger partial charge in [0, 0.05) is 6.54 Å². The fraction of sp³-hybridized carbons (Fsp3) is 0.562. The highest BCUT2D eigenvalue weighted by Gasteiger charge is 2.22. The van der Waals surface area contributed by atoms with Crippen LogP contribution in [-0.2, 0) is 4.79 Å². The van der Waals surface area contributed by atoms with Crippen LogP contribution >= 0.6 is 24.8 Å². The van der Waals surface area contributed by atoms with Gasteiger partial charge in [-0.15, -0.1) is 24.8 Å². The maximum atomic E-state index is 12.2. The Labute approximate surface area is 145 Å². The van der Waals surface area contributed by atoms with Crippen molar-refractivity contribution in [2.45, 2.75) is 31.3 Å². The van der Waals surface area contributed by atoms with E-state index < -0.39 is 0 Å². The molecule has 0 bridgehead atoms. The Morgan fingerprint density at radius 2 is 1.95 bits per heavy atom. The zero-order chi connectivity index (χ0) is 14.4. The van der Waals surface area contributed by atoms with E-state index in [1.165, 1.54) is 12.0 Å². The van der Waals surface area contributed by atoms with Gasteiger partial charge >= 0.3 is 0 Å². The summed E-state index contributed by atoms with van der Waals surface area (Å²) >= 11 is 0. The summed E-state index contributed by atoms with van der Waals surface area (Å²) in [4.78, 5) is 14.3. The predicted molar refractivity (Wildman–Crippen MR) is 96.0 cm³/mol. The lowest BCUT2D eigenvalue weighted by atomic mass is 10.0. The van der Waals surface area contributed by atoms with Crippen LogP contribution < -0.4 is 10.6 Å². The summed E-state index contributed by atoms with van der Waals surface area (Å²) in [6.07, 6.45) is 3.26. The van der Waals surface area contributed by atoms with E-state index in [1.54, 1.807) is 0 Å². The monoisotopic (exact) mass is 347 g/mol. The van der Waals surface area contributed by atoms with E-state index >= 15 is 0 Å². The van der Waals surface area contributed by atoms with Gasteiger partial charge in [-0.3, -0.25) is 4.79 Å². The van der Waals surface area contributed by atoms with E-state index in [4.69, 9.17) is 0 Å². The minimum absolute atomic E-state index is 0. The smallest absolute Gasteiger partial charge is 0.237 e. The number of amides is 1. The topological polar surface area (TPSA) is 44.4 Å². The Morgan fingerprint density at radius 3 is 2.50 bits per heavy atom. The molecule has 0 aromatic heterocycles. The average molecular weight is 348 g/mol. The molecular formula is C16H27Cl2N3O. The molecule has 1 aromatic carbocycles. The molecule has 1 aliphatic rings. The number of rotatable bonds is 5. The zero-order valence-corrected chi connectivity index (χ0v) is 14.9. The largest absolute Gasteiger partial charge is 0.353 e. The van der Waals surface area contributed by atoms with E-state index in [9.17, 15) is 4.79 Å². The van der Waals surface area contributed by atoms with Crippen molar-refractivity contribution in [3.8, 4) is 0 Å². The van der Waals surface area contributed by atoms with Gasteiger partial charge in [0.15, 0.2) is 0 Å². The lowest BCUT2D eigenvalue weighted by molar-refractivity contribution is -0.123. The SMILES string of the molecule is CN(C)C(CNC(=O)C1CCCCN1)c1ccccc1.Cl.Cl. The minimum atomic E-state index is -0.0117. The number of piperidine rings is 1. The summed E-state index contributed by atoms with van der Waals surface area (Å²) in [5, 5.41) is 6.38. The van der Waals surface area contributed by atoms with Crippen molar-refractivity contribution in [3.05, 3.63) is 35.9 Å². The van der Waals surface area contributed by atoms with E-state index in [-0.39, 0.29) is 42.8 Å². The minimum Gasteiger partial charge on any atom is -0.353 e. The highest BCUT2D eigenvalue weighted by atomic mass is 35.5. The summed E-state index contributed by atoms with van der Waals surface area (Å²) in [6.45, 7) is 1.60.